The lowest BCUT2D eigenvalue weighted by Crippen LogP contribution is -2.33. The molecule has 34 heavy (non-hydrogen) atoms. The molecule has 14 heteroatoms. The zero-order chi connectivity index (χ0) is 24.5. The van der Waals surface area contributed by atoms with Crippen LogP contribution in [0.25, 0.3) is 0 Å². The van der Waals surface area contributed by atoms with Crippen LogP contribution < -0.4 is 10.5 Å². The van der Waals surface area contributed by atoms with Crippen molar-refractivity contribution in [3.63, 3.8) is 0 Å². The second kappa shape index (κ2) is 10.1. The van der Waals surface area contributed by atoms with Gasteiger partial charge in [0, 0.05) is 34.9 Å². The second-order valence-electron chi connectivity index (χ2n) is 7.85. The number of anilines is 1. The highest BCUT2D eigenvalue weighted by molar-refractivity contribution is 7.84. The predicted molar refractivity (Wildman–Crippen MR) is 124 cm³/mol. The average Bonchev–Trinajstić information content (AvgIpc) is 3.48. The van der Waals surface area contributed by atoms with Crippen molar-refractivity contribution in [1.82, 2.24) is 14.5 Å². The molecule has 0 radical (unpaired) electrons. The first-order chi connectivity index (χ1) is 16.1. The summed E-state index contributed by atoms with van der Waals surface area (Å²) < 4.78 is 43.8. The topological polar surface area (TPSA) is 149 Å². The molecule has 0 aliphatic heterocycles. The number of nitrogens with two attached hydrogens (primary N) is 1. The van der Waals surface area contributed by atoms with E-state index in [9.17, 15) is 22.7 Å². The van der Waals surface area contributed by atoms with Crippen LogP contribution in [0.2, 0.25) is 4.34 Å². The highest BCUT2D eigenvalue weighted by Gasteiger charge is 2.44. The summed E-state index contributed by atoms with van der Waals surface area (Å²) in [5.74, 6) is -1.08. The van der Waals surface area contributed by atoms with E-state index in [1.807, 2.05) is 10.6 Å². The molecular formula is C20H21ClFN5O5S2. The number of nitrogens with one attached hydrogen (secondary N) is 1. The molecule has 4 atom stereocenters. The van der Waals surface area contributed by atoms with E-state index in [1.165, 1.54) is 23.9 Å². The minimum Gasteiger partial charge on any atom is -0.390 e. The van der Waals surface area contributed by atoms with E-state index in [0.29, 0.717) is 16.4 Å². The van der Waals surface area contributed by atoms with Gasteiger partial charge in [-0.05, 0) is 24.6 Å². The van der Waals surface area contributed by atoms with Crippen molar-refractivity contribution < 1.29 is 26.9 Å². The Hall–Kier alpha value is -2.42. The van der Waals surface area contributed by atoms with Crippen molar-refractivity contribution in [3.8, 4) is 0 Å². The van der Waals surface area contributed by atoms with E-state index in [2.05, 4.69) is 19.5 Å². The zero-order valence-corrected chi connectivity index (χ0v) is 19.9. The van der Waals surface area contributed by atoms with Gasteiger partial charge in [0.1, 0.15) is 18.3 Å². The summed E-state index contributed by atoms with van der Waals surface area (Å²) in [6.45, 7) is 0.0870. The van der Waals surface area contributed by atoms with Crippen LogP contribution in [0, 0.1) is 5.92 Å². The third kappa shape index (κ3) is 5.79. The number of hydrogen-bond donors (Lipinski definition) is 3. The fourth-order valence-electron chi connectivity index (χ4n) is 3.81. The molecule has 0 saturated heterocycles. The SMILES string of the molecule is NS(=O)(=O)OC[C@H]1C[C@@H](Nc2ncncc2C(=O)c2ccn(Cc3ccc(Cl)s3)c2)[C@@H](F)[C@@H]1O. The van der Waals surface area contributed by atoms with Crippen molar-refractivity contribution in [2.45, 2.75) is 31.3 Å². The number of nitrogens with zero attached hydrogens (tertiary/aromatic N) is 3. The largest absolute Gasteiger partial charge is 0.390 e. The van der Waals surface area contributed by atoms with Gasteiger partial charge in [0.05, 0.1) is 35.2 Å². The quantitative estimate of drug-likeness (QED) is 0.356. The maximum absolute atomic E-state index is 14.7. The zero-order valence-electron chi connectivity index (χ0n) is 17.5. The number of carbonyl (C=O) groups is 1. The van der Waals surface area contributed by atoms with Gasteiger partial charge in [-0.15, -0.1) is 11.3 Å². The molecule has 1 fully saturated rings. The first kappa shape index (κ1) is 24.7. The lowest BCUT2D eigenvalue weighted by atomic mass is 10.1. The Morgan fingerprint density at radius 3 is 2.91 bits per heavy atom. The minimum absolute atomic E-state index is 0.0369. The maximum Gasteiger partial charge on any atom is 0.333 e. The summed E-state index contributed by atoms with van der Waals surface area (Å²) in [6.07, 6.45) is 2.81. The number of hydrogen-bond acceptors (Lipinski definition) is 9. The van der Waals surface area contributed by atoms with E-state index in [0.717, 1.165) is 4.88 Å². The fourth-order valence-corrected chi connectivity index (χ4v) is 5.27. The average molecular weight is 530 g/mol. The van der Waals surface area contributed by atoms with Gasteiger partial charge >= 0.3 is 10.3 Å². The van der Waals surface area contributed by atoms with Crippen molar-refractivity contribution in [1.29, 1.82) is 0 Å². The van der Waals surface area contributed by atoms with Crippen LogP contribution >= 0.6 is 22.9 Å². The van der Waals surface area contributed by atoms with E-state index in [1.54, 1.807) is 24.5 Å². The predicted octanol–water partition coefficient (Wildman–Crippen LogP) is 1.99. The Kier molecular flexibility index (Phi) is 7.31. The smallest absolute Gasteiger partial charge is 0.333 e. The van der Waals surface area contributed by atoms with Crippen molar-refractivity contribution in [2.24, 2.45) is 11.1 Å². The van der Waals surface area contributed by atoms with Crippen LogP contribution in [-0.2, 0) is 21.0 Å². The van der Waals surface area contributed by atoms with Gasteiger partial charge in [-0.2, -0.15) is 8.42 Å². The fraction of sp³-hybridized carbons (Fsp3) is 0.350. The van der Waals surface area contributed by atoms with Crippen molar-refractivity contribution in [2.75, 3.05) is 11.9 Å². The van der Waals surface area contributed by atoms with E-state index in [-0.39, 0.29) is 23.6 Å². The number of aromatic nitrogens is 3. The molecule has 1 saturated carbocycles. The minimum atomic E-state index is -4.22. The number of aliphatic hydroxyl groups excluding tert-OH is 1. The second-order valence-corrected chi connectivity index (χ2v) is 10.9. The Bertz CT molecular complexity index is 1280. The van der Waals surface area contributed by atoms with Gasteiger partial charge in [0.25, 0.3) is 0 Å². The molecule has 0 unspecified atom stereocenters. The van der Waals surface area contributed by atoms with Gasteiger partial charge in [0.2, 0.25) is 0 Å². The highest BCUT2D eigenvalue weighted by atomic mass is 35.5. The summed E-state index contributed by atoms with van der Waals surface area (Å²) in [6, 6.07) is 4.44. The lowest BCUT2D eigenvalue weighted by Gasteiger charge is -2.18. The highest BCUT2D eigenvalue weighted by Crippen LogP contribution is 2.32. The molecule has 4 N–H and O–H groups in total. The molecule has 4 rings (SSSR count). The van der Waals surface area contributed by atoms with Gasteiger partial charge < -0.3 is 15.0 Å². The summed E-state index contributed by atoms with van der Waals surface area (Å²) in [5, 5.41) is 17.8. The van der Waals surface area contributed by atoms with Crippen molar-refractivity contribution >= 4 is 44.8 Å². The molecule has 3 heterocycles. The molecular weight excluding hydrogens is 509 g/mol. The molecule has 3 aromatic heterocycles. The van der Waals surface area contributed by atoms with Gasteiger partial charge in [0.15, 0.2) is 5.78 Å². The van der Waals surface area contributed by atoms with Crippen LogP contribution in [0.15, 0.2) is 43.1 Å². The standard InChI is InChI=1S/C20H21ClFN5O5S2/c21-16-2-1-13(33-16)8-27-4-3-11(7-27)18(28)14-6-24-10-25-20(14)26-15-5-12(19(29)17(15)22)9-32-34(23,30)31/h1-4,6-7,10,12,15,17,19,29H,5,8-9H2,(H2,23,30,31)(H,24,25,26)/t12-,15-,17-,19-/m1/s1. The molecule has 0 amide bonds. The number of carbonyl (C=O) groups excluding carboxylic acids is 1. The molecule has 0 aromatic carbocycles. The summed E-state index contributed by atoms with van der Waals surface area (Å²) in [7, 11) is -4.22. The number of alkyl halides is 1. The summed E-state index contributed by atoms with van der Waals surface area (Å²) in [5.41, 5.74) is 0.522. The van der Waals surface area contributed by atoms with Gasteiger partial charge in [-0.3, -0.25) is 8.98 Å². The number of ketones is 1. The third-order valence-corrected chi connectivity index (χ3v) is 7.14. The first-order valence-electron chi connectivity index (χ1n) is 10.1. The van der Waals surface area contributed by atoms with Gasteiger partial charge in [-0.1, -0.05) is 11.6 Å². The lowest BCUT2D eigenvalue weighted by molar-refractivity contribution is 0.0501. The van der Waals surface area contributed by atoms with Gasteiger partial charge in [-0.25, -0.2) is 19.5 Å². The number of aliphatic hydroxyl groups is 1. The monoisotopic (exact) mass is 529 g/mol. The molecule has 3 aromatic rings. The van der Waals surface area contributed by atoms with E-state index in [4.69, 9.17) is 16.7 Å². The van der Waals surface area contributed by atoms with Crippen molar-refractivity contribution in [3.05, 3.63) is 63.5 Å². The Morgan fingerprint density at radius 2 is 2.21 bits per heavy atom. The Labute approximate surface area is 203 Å². The number of rotatable bonds is 9. The molecule has 182 valence electrons. The normalized spacial score (nSPS) is 22.7. The summed E-state index contributed by atoms with van der Waals surface area (Å²) >= 11 is 7.41. The Morgan fingerprint density at radius 1 is 1.41 bits per heavy atom. The Balaban J connectivity index is 1.47. The molecule has 1 aliphatic rings. The summed E-state index contributed by atoms with van der Waals surface area (Å²) in [4.78, 5) is 22.2. The molecule has 1 aliphatic carbocycles. The molecule has 10 nitrogen and oxygen atoms in total. The molecule has 0 spiro atoms. The first-order valence-corrected chi connectivity index (χ1v) is 12.8. The maximum atomic E-state index is 14.7. The van der Waals surface area contributed by atoms with E-state index >= 15 is 0 Å². The number of thiophene rings is 1. The van der Waals surface area contributed by atoms with Crippen LogP contribution in [-0.4, -0.2) is 58.8 Å². The molecule has 0 bridgehead atoms. The third-order valence-electron chi connectivity index (χ3n) is 5.46. The van der Waals surface area contributed by atoms with Crippen LogP contribution in [0.1, 0.15) is 27.2 Å². The van der Waals surface area contributed by atoms with E-state index < -0.39 is 41.1 Å². The van der Waals surface area contributed by atoms with Crippen LogP contribution in [0.3, 0.4) is 0 Å². The van der Waals surface area contributed by atoms with Crippen LogP contribution in [0.4, 0.5) is 10.2 Å². The number of halogens is 2. The van der Waals surface area contributed by atoms with Crippen LogP contribution in [0.5, 0.6) is 0 Å².